The van der Waals surface area contributed by atoms with E-state index in [1.165, 1.54) is 23.2 Å². The van der Waals surface area contributed by atoms with Gasteiger partial charge in [-0.25, -0.2) is 0 Å². The molecule has 1 unspecified atom stereocenters. The quantitative estimate of drug-likeness (QED) is 0.644. The second kappa shape index (κ2) is 9.28. The number of aromatic nitrogens is 2. The molecule has 4 rings (SSSR count). The Labute approximate surface area is 176 Å². The minimum atomic E-state index is -0.552. The van der Waals surface area contributed by atoms with Gasteiger partial charge in [-0.15, -0.1) is 10.2 Å². The van der Waals surface area contributed by atoms with Crippen molar-refractivity contribution in [2.24, 2.45) is 0 Å². The monoisotopic (exact) mass is 408 g/mol. The molecule has 0 saturated carbocycles. The zero-order valence-corrected chi connectivity index (χ0v) is 17.5. The number of hydrogen-bond donors (Lipinski definition) is 1. The number of aliphatic hydroxyl groups is 1. The largest absolute Gasteiger partial charge is 0.491 e. The van der Waals surface area contributed by atoms with Gasteiger partial charge in [0, 0.05) is 44.0 Å². The number of piperazine rings is 1. The highest BCUT2D eigenvalue weighted by molar-refractivity contribution is 5.59. The lowest BCUT2D eigenvalue weighted by atomic mass is 10.1. The minimum Gasteiger partial charge on any atom is -0.491 e. The fourth-order valence-corrected chi connectivity index (χ4v) is 4.02. The Balaban J connectivity index is 1.26. The number of aliphatic hydroxyl groups excluding tert-OH is 1. The van der Waals surface area contributed by atoms with E-state index < -0.39 is 6.10 Å². The van der Waals surface area contributed by atoms with E-state index in [9.17, 15) is 5.11 Å². The molecule has 2 heterocycles. The SMILES string of the molecule is Cc1cccc(C)c1N1CCN(CC(O)COc2cccc(-c3nnco3)c2)CC1. The number of aryl methyl sites for hydroxylation is 2. The van der Waals surface area contributed by atoms with Gasteiger partial charge in [0.15, 0.2) is 0 Å². The smallest absolute Gasteiger partial charge is 0.247 e. The molecule has 1 N–H and O–H groups in total. The van der Waals surface area contributed by atoms with Crippen molar-refractivity contribution in [3.63, 3.8) is 0 Å². The van der Waals surface area contributed by atoms with E-state index in [1.54, 1.807) is 0 Å². The maximum atomic E-state index is 10.5. The molecule has 1 atom stereocenters. The van der Waals surface area contributed by atoms with Crippen molar-refractivity contribution in [1.29, 1.82) is 0 Å². The highest BCUT2D eigenvalue weighted by Crippen LogP contribution is 2.26. The minimum absolute atomic E-state index is 0.240. The Morgan fingerprint density at radius 3 is 2.50 bits per heavy atom. The van der Waals surface area contributed by atoms with Gasteiger partial charge in [-0.2, -0.15) is 0 Å². The number of hydrogen-bond acceptors (Lipinski definition) is 7. The van der Waals surface area contributed by atoms with Crippen LogP contribution in [0.3, 0.4) is 0 Å². The van der Waals surface area contributed by atoms with Gasteiger partial charge in [0.05, 0.1) is 0 Å². The van der Waals surface area contributed by atoms with Crippen molar-refractivity contribution in [2.45, 2.75) is 20.0 Å². The molecule has 0 bridgehead atoms. The lowest BCUT2D eigenvalue weighted by Gasteiger charge is -2.38. The first-order valence-corrected chi connectivity index (χ1v) is 10.3. The van der Waals surface area contributed by atoms with Crippen LogP contribution in [0.4, 0.5) is 5.69 Å². The van der Waals surface area contributed by atoms with Crippen molar-refractivity contribution in [3.8, 4) is 17.2 Å². The molecular formula is C23H28N4O3. The molecule has 2 aromatic carbocycles. The van der Waals surface area contributed by atoms with E-state index in [0.717, 1.165) is 31.7 Å². The van der Waals surface area contributed by atoms with Crippen LogP contribution in [0.25, 0.3) is 11.5 Å². The molecule has 1 aromatic heterocycles. The van der Waals surface area contributed by atoms with Crippen LogP contribution in [0.15, 0.2) is 53.3 Å². The van der Waals surface area contributed by atoms with Crippen molar-refractivity contribution < 1.29 is 14.3 Å². The van der Waals surface area contributed by atoms with Gasteiger partial charge in [-0.3, -0.25) is 4.90 Å². The van der Waals surface area contributed by atoms with Gasteiger partial charge in [0.1, 0.15) is 18.5 Å². The molecule has 1 fully saturated rings. The zero-order chi connectivity index (χ0) is 20.9. The third-order valence-electron chi connectivity index (χ3n) is 5.48. The fourth-order valence-electron chi connectivity index (χ4n) is 4.02. The van der Waals surface area contributed by atoms with Crippen LogP contribution in [0.5, 0.6) is 5.75 Å². The zero-order valence-electron chi connectivity index (χ0n) is 17.5. The molecule has 3 aromatic rings. The first-order valence-electron chi connectivity index (χ1n) is 10.3. The van der Waals surface area contributed by atoms with Crippen molar-refractivity contribution in [3.05, 3.63) is 60.0 Å². The summed E-state index contributed by atoms with van der Waals surface area (Å²) in [5.41, 5.74) is 4.78. The van der Waals surface area contributed by atoms with Crippen LogP contribution in [-0.2, 0) is 0 Å². The summed E-state index contributed by atoms with van der Waals surface area (Å²) in [5, 5.41) is 18.1. The summed E-state index contributed by atoms with van der Waals surface area (Å²) >= 11 is 0. The standard InChI is InChI=1S/C23H28N4O3/c1-17-5-3-6-18(2)22(17)27-11-9-26(10-12-27)14-20(28)15-29-21-8-4-7-19(13-21)23-25-24-16-30-23/h3-8,13,16,20,28H,9-12,14-15H2,1-2H3. The summed E-state index contributed by atoms with van der Waals surface area (Å²) in [6, 6.07) is 13.9. The molecule has 0 radical (unpaired) electrons. The van der Waals surface area contributed by atoms with Crippen LogP contribution >= 0.6 is 0 Å². The maximum absolute atomic E-state index is 10.5. The Morgan fingerprint density at radius 2 is 1.80 bits per heavy atom. The highest BCUT2D eigenvalue weighted by Gasteiger charge is 2.21. The molecule has 158 valence electrons. The number of para-hydroxylation sites is 1. The first kappa shape index (κ1) is 20.4. The lowest BCUT2D eigenvalue weighted by Crippen LogP contribution is -2.49. The number of anilines is 1. The molecule has 0 amide bonds. The predicted octanol–water partition coefficient (Wildman–Crippen LogP) is 2.92. The van der Waals surface area contributed by atoms with E-state index >= 15 is 0 Å². The summed E-state index contributed by atoms with van der Waals surface area (Å²) < 4.78 is 11.0. The van der Waals surface area contributed by atoms with Gasteiger partial charge in [-0.1, -0.05) is 24.3 Å². The third kappa shape index (κ3) is 4.80. The van der Waals surface area contributed by atoms with Gasteiger partial charge in [0.2, 0.25) is 12.3 Å². The van der Waals surface area contributed by atoms with E-state index in [2.05, 4.69) is 52.0 Å². The first-order chi connectivity index (χ1) is 14.6. The summed E-state index contributed by atoms with van der Waals surface area (Å²) in [6.07, 6.45) is 0.746. The molecule has 30 heavy (non-hydrogen) atoms. The second-order valence-corrected chi connectivity index (χ2v) is 7.76. The molecule has 7 nitrogen and oxygen atoms in total. The van der Waals surface area contributed by atoms with Gasteiger partial charge >= 0.3 is 0 Å². The van der Waals surface area contributed by atoms with Crippen molar-refractivity contribution in [1.82, 2.24) is 15.1 Å². The van der Waals surface area contributed by atoms with Crippen molar-refractivity contribution >= 4 is 5.69 Å². The lowest BCUT2D eigenvalue weighted by molar-refractivity contribution is 0.0663. The topological polar surface area (TPSA) is 74.9 Å². The number of nitrogens with zero attached hydrogens (tertiary/aromatic N) is 4. The number of ether oxygens (including phenoxy) is 1. The summed E-state index contributed by atoms with van der Waals surface area (Å²) in [5.74, 6) is 1.12. The van der Waals surface area contributed by atoms with Gasteiger partial charge in [-0.05, 0) is 43.2 Å². The average molecular weight is 409 g/mol. The predicted molar refractivity (Wildman–Crippen MR) is 116 cm³/mol. The Kier molecular flexibility index (Phi) is 6.30. The molecule has 7 heteroatoms. The Bertz CT molecular complexity index is 933. The Morgan fingerprint density at radius 1 is 1.07 bits per heavy atom. The number of β-amino-alcohol motifs (C(OH)–C–C–N with tert-alkyl or cyclic N) is 1. The van der Waals surface area contributed by atoms with Crippen molar-refractivity contribution in [2.75, 3.05) is 44.2 Å². The third-order valence-corrected chi connectivity index (χ3v) is 5.48. The van der Waals surface area contributed by atoms with Crippen LogP contribution in [0.1, 0.15) is 11.1 Å². The second-order valence-electron chi connectivity index (χ2n) is 7.76. The molecule has 0 aliphatic carbocycles. The van der Waals surface area contributed by atoms with Crippen LogP contribution in [0.2, 0.25) is 0 Å². The fraction of sp³-hybridized carbons (Fsp3) is 0.391. The van der Waals surface area contributed by atoms with E-state index in [1.807, 2.05) is 24.3 Å². The summed E-state index contributed by atoms with van der Waals surface area (Å²) in [7, 11) is 0. The summed E-state index contributed by atoms with van der Waals surface area (Å²) in [6.45, 7) is 8.97. The molecule has 1 saturated heterocycles. The van der Waals surface area contributed by atoms with Crippen LogP contribution in [-0.4, -0.2) is 65.6 Å². The van der Waals surface area contributed by atoms with E-state index in [-0.39, 0.29) is 6.61 Å². The average Bonchev–Trinajstić information content (AvgIpc) is 3.29. The van der Waals surface area contributed by atoms with Crippen LogP contribution in [0, 0.1) is 13.8 Å². The number of rotatable bonds is 7. The molecule has 0 spiro atoms. The molecular weight excluding hydrogens is 380 g/mol. The molecule has 1 aliphatic rings. The van der Waals surface area contributed by atoms with Crippen LogP contribution < -0.4 is 9.64 Å². The highest BCUT2D eigenvalue weighted by atomic mass is 16.5. The van der Waals surface area contributed by atoms with Gasteiger partial charge in [0.25, 0.3) is 0 Å². The molecule has 1 aliphatic heterocycles. The Hall–Kier alpha value is -2.90. The van der Waals surface area contributed by atoms with E-state index in [0.29, 0.717) is 18.2 Å². The normalized spacial score (nSPS) is 15.9. The summed E-state index contributed by atoms with van der Waals surface area (Å²) in [4.78, 5) is 4.75. The van der Waals surface area contributed by atoms with E-state index in [4.69, 9.17) is 9.15 Å². The maximum Gasteiger partial charge on any atom is 0.247 e. The van der Waals surface area contributed by atoms with Gasteiger partial charge < -0.3 is 19.2 Å². The number of benzene rings is 2.